The first-order chi connectivity index (χ1) is 13.3. The molecule has 138 valence electrons. The number of hydrogen-bond acceptors (Lipinski definition) is 6. The highest BCUT2D eigenvalue weighted by molar-refractivity contribution is 5.66. The zero-order chi connectivity index (χ0) is 18.6. The van der Waals surface area contributed by atoms with Gasteiger partial charge < -0.3 is 19.7 Å². The second-order valence-corrected chi connectivity index (χ2v) is 6.32. The van der Waals surface area contributed by atoms with Crippen LogP contribution < -0.4 is 19.7 Å². The van der Waals surface area contributed by atoms with Crippen LogP contribution in [-0.2, 0) is 13.0 Å². The SMILES string of the molecule is COc1ccc(CNc2ccnc(N3CCc4ccccc43)n2)cc1OC. The topological polar surface area (TPSA) is 59.5 Å². The van der Waals surface area contributed by atoms with Gasteiger partial charge in [-0.25, -0.2) is 4.98 Å². The minimum absolute atomic E-state index is 0.632. The van der Waals surface area contributed by atoms with Crippen molar-refractivity contribution in [3.8, 4) is 11.5 Å². The Hall–Kier alpha value is -3.28. The van der Waals surface area contributed by atoms with Crippen LogP contribution in [0.25, 0.3) is 0 Å². The van der Waals surface area contributed by atoms with Gasteiger partial charge in [0.15, 0.2) is 11.5 Å². The Bertz CT molecular complexity index is 945. The first-order valence-corrected chi connectivity index (χ1v) is 8.92. The Labute approximate surface area is 158 Å². The average molecular weight is 362 g/mol. The standard InChI is InChI=1S/C21H22N4O2/c1-26-18-8-7-15(13-19(18)27-2)14-23-20-9-11-22-21(24-20)25-12-10-16-5-3-4-6-17(16)25/h3-9,11,13H,10,12,14H2,1-2H3,(H,22,23,24). The molecule has 0 aliphatic carbocycles. The summed E-state index contributed by atoms with van der Waals surface area (Å²) in [5.74, 6) is 2.95. The Morgan fingerprint density at radius 1 is 1.04 bits per heavy atom. The second-order valence-electron chi connectivity index (χ2n) is 6.32. The molecule has 0 amide bonds. The van der Waals surface area contributed by atoms with Gasteiger partial charge in [0.05, 0.1) is 14.2 Å². The fourth-order valence-corrected chi connectivity index (χ4v) is 3.31. The van der Waals surface area contributed by atoms with Crippen molar-refractivity contribution >= 4 is 17.5 Å². The van der Waals surface area contributed by atoms with Crippen LogP contribution in [0.2, 0.25) is 0 Å². The molecule has 0 unspecified atom stereocenters. The number of rotatable bonds is 6. The average Bonchev–Trinajstić information content (AvgIpc) is 3.16. The van der Waals surface area contributed by atoms with Crippen molar-refractivity contribution in [3.05, 3.63) is 65.9 Å². The van der Waals surface area contributed by atoms with Crippen molar-refractivity contribution in [1.82, 2.24) is 9.97 Å². The smallest absolute Gasteiger partial charge is 0.231 e. The molecule has 1 aliphatic heterocycles. The highest BCUT2D eigenvalue weighted by Gasteiger charge is 2.21. The van der Waals surface area contributed by atoms with Gasteiger partial charge in [-0.3, -0.25) is 0 Å². The van der Waals surface area contributed by atoms with E-state index in [4.69, 9.17) is 14.5 Å². The number of nitrogens with one attached hydrogen (secondary N) is 1. The zero-order valence-electron chi connectivity index (χ0n) is 15.5. The summed E-state index contributed by atoms with van der Waals surface area (Å²) in [6.45, 7) is 1.53. The van der Waals surface area contributed by atoms with Crippen molar-refractivity contribution < 1.29 is 9.47 Å². The molecule has 27 heavy (non-hydrogen) atoms. The summed E-state index contributed by atoms with van der Waals surface area (Å²) >= 11 is 0. The number of hydrogen-bond donors (Lipinski definition) is 1. The number of fused-ring (bicyclic) bond motifs is 1. The molecule has 1 aliphatic rings. The fourth-order valence-electron chi connectivity index (χ4n) is 3.31. The van der Waals surface area contributed by atoms with Crippen molar-refractivity contribution in [1.29, 1.82) is 0 Å². The Morgan fingerprint density at radius 3 is 2.74 bits per heavy atom. The van der Waals surface area contributed by atoms with Gasteiger partial charge in [0.2, 0.25) is 5.95 Å². The van der Waals surface area contributed by atoms with Crippen molar-refractivity contribution in [3.63, 3.8) is 0 Å². The Balaban J connectivity index is 1.49. The summed E-state index contributed by atoms with van der Waals surface area (Å²) in [7, 11) is 3.27. The number of ether oxygens (including phenoxy) is 2. The normalized spacial score (nSPS) is 12.6. The number of anilines is 3. The van der Waals surface area contributed by atoms with Crippen molar-refractivity contribution in [2.75, 3.05) is 31.0 Å². The Morgan fingerprint density at radius 2 is 1.89 bits per heavy atom. The minimum atomic E-state index is 0.632. The molecule has 0 radical (unpaired) electrons. The predicted octanol–water partition coefficient (Wildman–Crippen LogP) is 3.80. The van der Waals surface area contributed by atoms with Gasteiger partial charge in [-0.15, -0.1) is 0 Å². The van der Waals surface area contributed by atoms with Gasteiger partial charge >= 0.3 is 0 Å². The van der Waals surface area contributed by atoms with Gasteiger partial charge in [-0.1, -0.05) is 24.3 Å². The molecule has 0 saturated heterocycles. The van der Waals surface area contributed by atoms with Crippen LogP contribution in [0.5, 0.6) is 11.5 Å². The number of methoxy groups -OCH3 is 2. The molecule has 0 bridgehead atoms. The summed E-state index contributed by atoms with van der Waals surface area (Å²) in [4.78, 5) is 11.3. The molecular formula is C21H22N4O2. The largest absolute Gasteiger partial charge is 0.493 e. The summed E-state index contributed by atoms with van der Waals surface area (Å²) in [5.41, 5.74) is 3.61. The van der Waals surface area contributed by atoms with Crippen LogP contribution in [0.4, 0.5) is 17.5 Å². The summed E-state index contributed by atoms with van der Waals surface area (Å²) in [6, 6.07) is 16.2. The summed E-state index contributed by atoms with van der Waals surface area (Å²) in [6.07, 6.45) is 2.81. The first-order valence-electron chi connectivity index (χ1n) is 8.92. The monoisotopic (exact) mass is 362 g/mol. The molecule has 1 aromatic heterocycles. The maximum Gasteiger partial charge on any atom is 0.231 e. The van der Waals surface area contributed by atoms with Crippen LogP contribution in [0.1, 0.15) is 11.1 Å². The molecule has 0 spiro atoms. The van der Waals surface area contributed by atoms with Crippen LogP contribution in [-0.4, -0.2) is 30.7 Å². The summed E-state index contributed by atoms with van der Waals surface area (Å²) < 4.78 is 10.6. The molecule has 0 fully saturated rings. The van der Waals surface area contributed by atoms with Crippen molar-refractivity contribution in [2.24, 2.45) is 0 Å². The van der Waals surface area contributed by atoms with Gasteiger partial charge in [-0.05, 0) is 41.8 Å². The molecule has 2 heterocycles. The quantitative estimate of drug-likeness (QED) is 0.720. The van der Waals surface area contributed by atoms with E-state index in [1.54, 1.807) is 20.4 Å². The van der Waals surface area contributed by atoms with Crippen LogP contribution in [0.15, 0.2) is 54.7 Å². The van der Waals surface area contributed by atoms with E-state index in [1.165, 1.54) is 11.3 Å². The van der Waals surface area contributed by atoms with E-state index in [1.807, 2.05) is 24.3 Å². The van der Waals surface area contributed by atoms with E-state index in [9.17, 15) is 0 Å². The minimum Gasteiger partial charge on any atom is -0.493 e. The van der Waals surface area contributed by atoms with E-state index in [2.05, 4.69) is 39.5 Å². The maximum absolute atomic E-state index is 5.36. The number of benzene rings is 2. The molecule has 2 aromatic carbocycles. The number of aromatic nitrogens is 2. The summed E-state index contributed by atoms with van der Waals surface area (Å²) in [5, 5.41) is 3.36. The molecule has 6 heteroatoms. The molecule has 3 aromatic rings. The second kappa shape index (κ2) is 7.53. The molecule has 0 atom stereocenters. The van der Waals surface area contributed by atoms with E-state index < -0.39 is 0 Å². The third-order valence-electron chi connectivity index (χ3n) is 4.69. The van der Waals surface area contributed by atoms with Gasteiger partial charge in [0, 0.05) is 25.0 Å². The van der Waals surface area contributed by atoms with Gasteiger partial charge in [0.25, 0.3) is 0 Å². The lowest BCUT2D eigenvalue weighted by Crippen LogP contribution is -2.17. The zero-order valence-corrected chi connectivity index (χ0v) is 15.5. The maximum atomic E-state index is 5.36. The molecular weight excluding hydrogens is 340 g/mol. The lowest BCUT2D eigenvalue weighted by molar-refractivity contribution is 0.354. The highest BCUT2D eigenvalue weighted by atomic mass is 16.5. The number of nitrogens with zero attached hydrogens (tertiary/aromatic N) is 3. The van der Waals surface area contributed by atoms with Crippen molar-refractivity contribution in [2.45, 2.75) is 13.0 Å². The van der Waals surface area contributed by atoms with Crippen LogP contribution in [0.3, 0.4) is 0 Å². The molecule has 6 nitrogen and oxygen atoms in total. The number of para-hydroxylation sites is 1. The van der Waals surface area contributed by atoms with Gasteiger partial charge in [-0.2, -0.15) is 4.98 Å². The third-order valence-corrected chi connectivity index (χ3v) is 4.69. The lowest BCUT2D eigenvalue weighted by Gasteiger charge is -2.18. The van der Waals surface area contributed by atoms with E-state index >= 15 is 0 Å². The van der Waals surface area contributed by atoms with E-state index in [0.29, 0.717) is 12.3 Å². The fraction of sp³-hybridized carbons (Fsp3) is 0.238. The van der Waals surface area contributed by atoms with E-state index in [-0.39, 0.29) is 0 Å². The predicted molar refractivity (Wildman–Crippen MR) is 106 cm³/mol. The third kappa shape index (κ3) is 3.51. The van der Waals surface area contributed by atoms with Crippen LogP contribution >= 0.6 is 0 Å². The molecule has 4 rings (SSSR count). The molecule has 0 saturated carbocycles. The lowest BCUT2D eigenvalue weighted by atomic mass is 10.2. The van der Waals surface area contributed by atoms with E-state index in [0.717, 1.165) is 36.0 Å². The van der Waals surface area contributed by atoms with Crippen LogP contribution in [0, 0.1) is 0 Å². The highest BCUT2D eigenvalue weighted by Crippen LogP contribution is 2.32. The first kappa shape index (κ1) is 17.1. The Kier molecular flexibility index (Phi) is 4.78. The molecule has 1 N–H and O–H groups in total. The van der Waals surface area contributed by atoms with Gasteiger partial charge in [0.1, 0.15) is 5.82 Å².